The van der Waals surface area contributed by atoms with Gasteiger partial charge in [-0.05, 0) is 0 Å². The van der Waals surface area contributed by atoms with Gasteiger partial charge in [-0.1, -0.05) is 0 Å². The number of azo groups is 3. The van der Waals surface area contributed by atoms with Gasteiger partial charge in [-0.15, -0.1) is 50.9 Å². The van der Waals surface area contributed by atoms with Crippen molar-refractivity contribution < 1.29 is 20.4 Å². The zero-order chi connectivity index (χ0) is 32.1. The van der Waals surface area contributed by atoms with Crippen LogP contribution in [0.5, 0.6) is 0 Å². The minimum absolute atomic E-state index is 0. The van der Waals surface area contributed by atoms with Crippen LogP contribution in [0.3, 0.4) is 0 Å². The summed E-state index contributed by atoms with van der Waals surface area (Å²) < 4.78 is -0.786. The second kappa shape index (κ2) is 12.6. The van der Waals surface area contributed by atoms with Crippen molar-refractivity contribution >= 4 is 50.9 Å². The van der Waals surface area contributed by atoms with Gasteiger partial charge in [-0.25, -0.2) is 0 Å². The Bertz CT molecular complexity index is 1120. The van der Waals surface area contributed by atoms with E-state index in [1.807, 2.05) is 0 Å². The molecule has 0 bridgehead atoms. The monoisotopic (exact) mass is 837 g/mol. The summed E-state index contributed by atoms with van der Waals surface area (Å²) in [6, 6.07) is 0. The van der Waals surface area contributed by atoms with Crippen LogP contribution < -0.4 is 0 Å². The average molecular weight is 840 g/mol. The van der Waals surface area contributed by atoms with E-state index in [9.17, 15) is 0 Å². The number of hydrogen-bond donors (Lipinski definition) is 0. The third-order valence-corrected chi connectivity index (χ3v) is 11.2. The van der Waals surface area contributed by atoms with Crippen LogP contribution in [0.4, 0.5) is 0 Å². The molecule has 0 fully saturated rings. The van der Waals surface area contributed by atoms with Gasteiger partial charge < -0.3 is 0 Å². The van der Waals surface area contributed by atoms with E-state index >= 15 is 0 Å². The summed E-state index contributed by atoms with van der Waals surface area (Å²) in [6.45, 7) is 40.6. The Morgan fingerprint density at radius 2 is 0.591 bits per heavy atom. The van der Waals surface area contributed by atoms with E-state index in [1.165, 1.54) is 0 Å². The molecule has 0 saturated carbocycles. The van der Waals surface area contributed by atoms with Gasteiger partial charge in [0.1, 0.15) is 0 Å². The molecule has 0 spiro atoms. The Hall–Kier alpha value is 0.174. The first-order valence-corrected chi connectivity index (χ1v) is 16.0. The second-order valence-corrected chi connectivity index (χ2v) is 19.9. The molecule has 251 valence electrons. The number of nitrogens with zero attached hydrogens (tertiary/aromatic N) is 6. The Labute approximate surface area is 312 Å². The van der Waals surface area contributed by atoms with Crippen LogP contribution >= 0.6 is 50.9 Å². The van der Waals surface area contributed by atoms with Crippen molar-refractivity contribution in [2.24, 2.45) is 63.2 Å². The molecular formula is C34H60Br3N6Ti. The number of rotatable bonds is 3. The number of halogens is 3. The molecule has 10 heteroatoms. The van der Waals surface area contributed by atoms with E-state index in [1.54, 1.807) is 0 Å². The minimum atomic E-state index is -0.797. The van der Waals surface area contributed by atoms with Gasteiger partial charge >= 0.3 is 264 Å². The summed E-state index contributed by atoms with van der Waals surface area (Å²) in [4.78, 5) is 0. The van der Waals surface area contributed by atoms with Gasteiger partial charge in [-0.2, -0.15) is 0 Å². The molecule has 0 aromatic heterocycles. The van der Waals surface area contributed by atoms with E-state index in [4.69, 9.17) is 30.7 Å². The fourth-order valence-corrected chi connectivity index (χ4v) is 8.80. The first-order chi connectivity index (χ1) is 17.9. The van der Waals surface area contributed by atoms with E-state index in [-0.39, 0.29) is 83.4 Å². The Morgan fingerprint density at radius 1 is 0.409 bits per heavy atom. The molecule has 44 heavy (non-hydrogen) atoms. The van der Waals surface area contributed by atoms with Gasteiger partial charge in [0.2, 0.25) is 0 Å². The molecule has 0 aromatic carbocycles. The molecule has 3 atom stereocenters. The summed E-state index contributed by atoms with van der Waals surface area (Å²) in [6.07, 6.45) is 7.10. The van der Waals surface area contributed by atoms with Gasteiger partial charge in [0.25, 0.3) is 0 Å². The maximum absolute atomic E-state index is 5.41. The summed E-state index contributed by atoms with van der Waals surface area (Å²) in [5, 5.41) is 31.2. The first kappa shape index (κ1) is 44.2. The molecule has 3 aliphatic rings. The van der Waals surface area contributed by atoms with Gasteiger partial charge in [-0.3, -0.25) is 0 Å². The van der Waals surface area contributed by atoms with Crippen LogP contribution in [0.15, 0.2) is 66.0 Å². The summed E-state index contributed by atoms with van der Waals surface area (Å²) >= 11 is 2.37. The van der Waals surface area contributed by atoms with E-state index < -0.39 is 20.3 Å². The van der Waals surface area contributed by atoms with Gasteiger partial charge in [0.05, 0.1) is 0 Å². The number of hydrogen-bond acceptors (Lipinski definition) is 6. The number of allylic oxidation sites excluding steroid dienone is 3. The van der Waals surface area contributed by atoms with Crippen LogP contribution in [-0.4, -0.2) is 16.6 Å². The van der Waals surface area contributed by atoms with Gasteiger partial charge in [0, 0.05) is 0 Å². The molecule has 0 aliphatic carbocycles. The summed E-state index contributed by atoms with van der Waals surface area (Å²) in [5.41, 5.74) is -0.968. The third-order valence-electron chi connectivity index (χ3n) is 9.43. The Kier molecular flexibility index (Phi) is 12.6. The molecule has 6 nitrogen and oxygen atoms in total. The van der Waals surface area contributed by atoms with E-state index in [0.29, 0.717) is 0 Å². The first-order valence-electron chi connectivity index (χ1n) is 15.2. The molecule has 3 rings (SSSR count). The molecule has 3 unspecified atom stereocenters. The molecule has 0 amide bonds. The van der Waals surface area contributed by atoms with Crippen molar-refractivity contribution in [3.63, 3.8) is 0 Å². The van der Waals surface area contributed by atoms with Gasteiger partial charge in [0.15, 0.2) is 0 Å². The fourth-order valence-electron chi connectivity index (χ4n) is 6.47. The Balaban J connectivity index is 0.00000616. The molecule has 3 aliphatic heterocycles. The van der Waals surface area contributed by atoms with Crippen molar-refractivity contribution in [3.8, 4) is 0 Å². The maximum atomic E-state index is 5.41. The predicted molar refractivity (Wildman–Crippen MR) is 197 cm³/mol. The van der Waals surface area contributed by atoms with E-state index in [0.717, 1.165) is 17.1 Å². The Morgan fingerprint density at radius 3 is 0.705 bits per heavy atom. The summed E-state index contributed by atoms with van der Waals surface area (Å²) in [7, 11) is 0. The van der Waals surface area contributed by atoms with Crippen molar-refractivity contribution in [2.45, 2.75) is 145 Å². The van der Waals surface area contributed by atoms with Crippen LogP contribution in [0.1, 0.15) is 125 Å². The van der Waals surface area contributed by atoms with E-state index in [2.05, 4.69) is 163 Å². The standard InChI is InChI=1S/C34H57N6.3BrH.Ti/c1-26(2,3)22-19-32(38-35-22,29(10,11)12)25(33(30(13,14)15)20-23(36-39-33)27(4,5)6)34(31(16,17)18)21-24(37-40-34)28(7,8)9;;;;/h19-21H,1-18H3;3*1H;. The van der Waals surface area contributed by atoms with Crippen LogP contribution in [-0.2, 0) is 20.4 Å². The molecule has 0 radical (unpaired) electrons. The van der Waals surface area contributed by atoms with Crippen molar-refractivity contribution in [1.29, 1.82) is 0 Å². The zero-order valence-corrected chi connectivity index (χ0v) is 37.3. The van der Waals surface area contributed by atoms with Crippen LogP contribution in [0.25, 0.3) is 0 Å². The normalized spacial score (nSPS) is 28.8. The van der Waals surface area contributed by atoms with Crippen molar-refractivity contribution in [2.75, 3.05) is 0 Å². The third kappa shape index (κ3) is 6.46. The fraction of sp³-hybridized carbons (Fsp3) is 0.824. The SMILES string of the molecule is Br.Br.Br.CC(C)(C)C1=CC(C(C)(C)C)([C]([Ti])(C2(C(C)(C)C)C=C(C(C)(C)C)N=N2)C2(C(C)(C)C)C=C(C(C)(C)C)N=N2)N=N1. The average Bonchev–Trinajstić information content (AvgIpc) is 3.48. The predicted octanol–water partition coefficient (Wildman–Crippen LogP) is 13.0. The molecule has 0 saturated heterocycles. The topological polar surface area (TPSA) is 74.2 Å². The van der Waals surface area contributed by atoms with Crippen molar-refractivity contribution in [1.82, 2.24) is 0 Å². The molecule has 0 aromatic rings. The molecule has 3 heterocycles. The molecular weight excluding hydrogens is 780 g/mol. The summed E-state index contributed by atoms with van der Waals surface area (Å²) in [5.74, 6) is 0. The zero-order valence-electron chi connectivity index (χ0n) is 30.6. The second-order valence-electron chi connectivity index (χ2n) is 18.7. The quantitative estimate of drug-likeness (QED) is 0.254. The molecule has 0 N–H and O–H groups in total. The van der Waals surface area contributed by atoms with Crippen LogP contribution in [0.2, 0.25) is 3.72 Å². The van der Waals surface area contributed by atoms with Crippen LogP contribution in [0, 0.1) is 32.5 Å². The van der Waals surface area contributed by atoms with Crippen molar-refractivity contribution in [3.05, 3.63) is 35.3 Å².